The van der Waals surface area contributed by atoms with E-state index in [-0.39, 0.29) is 5.91 Å². The van der Waals surface area contributed by atoms with Crippen LogP contribution in [0.4, 0.5) is 5.69 Å². The highest BCUT2D eigenvalue weighted by molar-refractivity contribution is 5.76. The number of nitrogens with one attached hydrogen (secondary N) is 2. The molecule has 17 heavy (non-hydrogen) atoms. The lowest BCUT2D eigenvalue weighted by atomic mass is 10.1. The number of carbonyl (C=O) groups is 1. The smallest absolute Gasteiger partial charge is 0.221 e. The quantitative estimate of drug-likeness (QED) is 0.772. The molecule has 0 radical (unpaired) electrons. The summed E-state index contributed by atoms with van der Waals surface area (Å²) in [4.78, 5) is 13.5. The maximum Gasteiger partial charge on any atom is 0.221 e. The predicted octanol–water partition coefficient (Wildman–Crippen LogP) is 0.978. The second kappa shape index (κ2) is 6.91. The van der Waals surface area contributed by atoms with Crippen molar-refractivity contribution in [2.24, 2.45) is 0 Å². The Labute approximate surface area is 103 Å². The van der Waals surface area contributed by atoms with Gasteiger partial charge in [0.2, 0.25) is 5.91 Å². The summed E-state index contributed by atoms with van der Waals surface area (Å²) in [7, 11) is 5.85. The van der Waals surface area contributed by atoms with E-state index in [1.54, 1.807) is 0 Å². The van der Waals surface area contributed by atoms with Crippen molar-refractivity contribution in [1.82, 2.24) is 10.6 Å². The zero-order valence-corrected chi connectivity index (χ0v) is 10.8. The molecule has 1 aromatic rings. The first-order chi connectivity index (χ1) is 8.15. The fourth-order valence-corrected chi connectivity index (χ4v) is 1.62. The van der Waals surface area contributed by atoms with E-state index in [0.29, 0.717) is 19.5 Å². The average Bonchev–Trinajstić information content (AvgIpc) is 2.34. The fourth-order valence-electron chi connectivity index (χ4n) is 1.62. The second-order valence-corrected chi connectivity index (χ2v) is 4.15. The number of para-hydroxylation sites is 1. The van der Waals surface area contributed by atoms with Crippen LogP contribution >= 0.6 is 0 Å². The first-order valence-electron chi connectivity index (χ1n) is 5.81. The van der Waals surface area contributed by atoms with Gasteiger partial charge in [-0.1, -0.05) is 18.2 Å². The van der Waals surface area contributed by atoms with Gasteiger partial charge in [-0.25, -0.2) is 0 Å². The number of carbonyl (C=O) groups excluding carboxylic acids is 1. The Morgan fingerprint density at radius 3 is 2.65 bits per heavy atom. The van der Waals surface area contributed by atoms with Crippen molar-refractivity contribution in [3.05, 3.63) is 29.8 Å². The Bertz CT molecular complexity index is 363. The molecule has 0 saturated carbocycles. The zero-order valence-electron chi connectivity index (χ0n) is 10.8. The second-order valence-electron chi connectivity index (χ2n) is 4.15. The van der Waals surface area contributed by atoms with Gasteiger partial charge in [0.05, 0.1) is 0 Å². The van der Waals surface area contributed by atoms with Gasteiger partial charge in [-0.3, -0.25) is 4.79 Å². The highest BCUT2D eigenvalue weighted by Crippen LogP contribution is 2.17. The van der Waals surface area contributed by atoms with Crippen LogP contribution in [0.3, 0.4) is 0 Å². The molecule has 4 nitrogen and oxygen atoms in total. The Morgan fingerprint density at radius 2 is 2.00 bits per heavy atom. The van der Waals surface area contributed by atoms with Gasteiger partial charge in [0.1, 0.15) is 0 Å². The van der Waals surface area contributed by atoms with Crippen LogP contribution < -0.4 is 15.5 Å². The van der Waals surface area contributed by atoms with E-state index in [0.717, 1.165) is 11.3 Å². The third-order valence-electron chi connectivity index (χ3n) is 2.55. The minimum atomic E-state index is 0.0768. The highest BCUT2D eigenvalue weighted by atomic mass is 16.1. The van der Waals surface area contributed by atoms with Crippen molar-refractivity contribution in [3.63, 3.8) is 0 Å². The molecule has 0 aliphatic heterocycles. The molecule has 0 atom stereocenters. The molecule has 0 bridgehead atoms. The largest absolute Gasteiger partial charge is 0.377 e. The van der Waals surface area contributed by atoms with Crippen LogP contribution in [0.5, 0.6) is 0 Å². The summed E-state index contributed by atoms with van der Waals surface area (Å²) in [6, 6.07) is 8.08. The zero-order chi connectivity index (χ0) is 12.7. The van der Waals surface area contributed by atoms with Gasteiger partial charge in [0.15, 0.2) is 0 Å². The van der Waals surface area contributed by atoms with Crippen LogP contribution in [-0.2, 0) is 11.3 Å². The summed E-state index contributed by atoms with van der Waals surface area (Å²) < 4.78 is 0. The molecule has 1 aromatic carbocycles. The monoisotopic (exact) mass is 235 g/mol. The van der Waals surface area contributed by atoms with Gasteiger partial charge in [0.25, 0.3) is 0 Å². The maximum atomic E-state index is 11.5. The lowest BCUT2D eigenvalue weighted by Gasteiger charge is -2.17. The van der Waals surface area contributed by atoms with Crippen molar-refractivity contribution in [2.45, 2.75) is 13.0 Å². The number of hydrogen-bond acceptors (Lipinski definition) is 3. The lowest BCUT2D eigenvalue weighted by Crippen LogP contribution is -2.26. The third kappa shape index (κ3) is 4.44. The first kappa shape index (κ1) is 13.5. The molecule has 1 rings (SSSR count). The molecule has 94 valence electrons. The van der Waals surface area contributed by atoms with Gasteiger partial charge in [0, 0.05) is 39.3 Å². The van der Waals surface area contributed by atoms with Crippen LogP contribution in [0.25, 0.3) is 0 Å². The van der Waals surface area contributed by atoms with E-state index in [4.69, 9.17) is 0 Å². The van der Waals surface area contributed by atoms with Gasteiger partial charge in [-0.15, -0.1) is 0 Å². The van der Waals surface area contributed by atoms with Crippen molar-refractivity contribution in [2.75, 3.05) is 32.6 Å². The summed E-state index contributed by atoms with van der Waals surface area (Å²) in [5, 5.41) is 5.88. The van der Waals surface area contributed by atoms with E-state index >= 15 is 0 Å². The molecule has 0 aliphatic carbocycles. The number of nitrogens with zero attached hydrogens (tertiary/aromatic N) is 1. The first-order valence-corrected chi connectivity index (χ1v) is 5.81. The van der Waals surface area contributed by atoms with Gasteiger partial charge in [-0.2, -0.15) is 0 Å². The molecule has 0 aliphatic rings. The Kier molecular flexibility index (Phi) is 5.49. The normalized spacial score (nSPS) is 10.1. The summed E-state index contributed by atoms with van der Waals surface area (Å²) in [5.41, 5.74) is 2.27. The number of benzene rings is 1. The molecule has 0 saturated heterocycles. The summed E-state index contributed by atoms with van der Waals surface area (Å²) >= 11 is 0. The standard InChI is InChI=1S/C13H21N3O/c1-14-9-8-13(17)15-10-11-6-4-5-7-12(11)16(2)3/h4-7,14H,8-10H2,1-3H3,(H,15,17). The number of rotatable bonds is 6. The molecule has 2 N–H and O–H groups in total. The fraction of sp³-hybridized carbons (Fsp3) is 0.462. The predicted molar refractivity (Wildman–Crippen MR) is 71.2 cm³/mol. The molecule has 0 spiro atoms. The van der Waals surface area contributed by atoms with Crippen LogP contribution in [0.15, 0.2) is 24.3 Å². The van der Waals surface area contributed by atoms with Crippen LogP contribution in [-0.4, -0.2) is 33.6 Å². The van der Waals surface area contributed by atoms with E-state index in [9.17, 15) is 4.79 Å². The Balaban J connectivity index is 2.54. The third-order valence-corrected chi connectivity index (χ3v) is 2.55. The summed E-state index contributed by atoms with van der Waals surface area (Å²) in [6.07, 6.45) is 0.515. The minimum absolute atomic E-state index is 0.0768. The van der Waals surface area contributed by atoms with E-state index in [1.807, 2.05) is 39.3 Å². The topological polar surface area (TPSA) is 44.4 Å². The van der Waals surface area contributed by atoms with E-state index in [1.165, 1.54) is 0 Å². The van der Waals surface area contributed by atoms with E-state index in [2.05, 4.69) is 21.6 Å². The van der Waals surface area contributed by atoms with Crippen molar-refractivity contribution >= 4 is 11.6 Å². The van der Waals surface area contributed by atoms with Crippen LogP contribution in [0.1, 0.15) is 12.0 Å². The molecule has 4 heteroatoms. The van der Waals surface area contributed by atoms with Gasteiger partial charge < -0.3 is 15.5 Å². The Hall–Kier alpha value is -1.55. The van der Waals surface area contributed by atoms with Crippen molar-refractivity contribution in [3.8, 4) is 0 Å². The number of amides is 1. The summed E-state index contributed by atoms with van der Waals surface area (Å²) in [6.45, 7) is 1.29. The molecule has 0 aromatic heterocycles. The molecule has 0 heterocycles. The summed E-state index contributed by atoms with van der Waals surface area (Å²) in [5.74, 6) is 0.0768. The maximum absolute atomic E-state index is 11.5. The van der Waals surface area contributed by atoms with Crippen LogP contribution in [0.2, 0.25) is 0 Å². The van der Waals surface area contributed by atoms with Gasteiger partial charge >= 0.3 is 0 Å². The SMILES string of the molecule is CNCCC(=O)NCc1ccccc1N(C)C. The van der Waals surface area contributed by atoms with Crippen molar-refractivity contribution in [1.29, 1.82) is 0 Å². The number of hydrogen-bond donors (Lipinski definition) is 2. The lowest BCUT2D eigenvalue weighted by molar-refractivity contribution is -0.121. The Morgan fingerprint density at radius 1 is 1.29 bits per heavy atom. The molecular formula is C13H21N3O. The minimum Gasteiger partial charge on any atom is -0.377 e. The van der Waals surface area contributed by atoms with E-state index < -0.39 is 0 Å². The molecular weight excluding hydrogens is 214 g/mol. The van der Waals surface area contributed by atoms with Gasteiger partial charge in [-0.05, 0) is 18.7 Å². The van der Waals surface area contributed by atoms with Crippen LogP contribution in [0, 0.1) is 0 Å². The average molecular weight is 235 g/mol. The highest BCUT2D eigenvalue weighted by Gasteiger charge is 2.05. The molecule has 1 amide bonds. The number of anilines is 1. The molecule has 0 fully saturated rings. The molecule has 0 unspecified atom stereocenters. The van der Waals surface area contributed by atoms with Crippen molar-refractivity contribution < 1.29 is 4.79 Å².